The molecule has 5 nitrogen and oxygen atoms in total. The first-order valence-electron chi connectivity index (χ1n) is 7.50. The molecular weight excluding hydrogens is 318 g/mol. The predicted octanol–water partition coefficient (Wildman–Crippen LogP) is 2.28. The summed E-state index contributed by atoms with van der Waals surface area (Å²) < 4.78 is 0.830. The first kappa shape index (κ1) is 14.1. The summed E-state index contributed by atoms with van der Waals surface area (Å²) in [6.07, 6.45) is 8.13. The van der Waals surface area contributed by atoms with Crippen molar-refractivity contribution in [2.24, 2.45) is 0 Å². The van der Waals surface area contributed by atoms with E-state index in [0.717, 1.165) is 29.4 Å². The van der Waals surface area contributed by atoms with Gasteiger partial charge >= 0.3 is 0 Å². The molecule has 6 heteroatoms. The first-order valence-corrected chi connectivity index (χ1v) is 8.30. The third-order valence-corrected chi connectivity index (χ3v) is 5.23. The topological polar surface area (TPSA) is 58.3 Å². The molecule has 2 fully saturated rings. The van der Waals surface area contributed by atoms with Gasteiger partial charge in [0.2, 0.25) is 0 Å². The van der Waals surface area contributed by atoms with Crippen molar-refractivity contribution in [1.82, 2.24) is 14.9 Å². The number of nitrogens with zero attached hydrogens (tertiary/aromatic N) is 4. The van der Waals surface area contributed by atoms with Gasteiger partial charge < -0.3 is 15.5 Å². The van der Waals surface area contributed by atoms with E-state index in [4.69, 9.17) is 5.73 Å². The SMILES string of the molecule is Nc1ncnc(N2CCC(N3CCCCC3)CC2)c1Br. The summed E-state index contributed by atoms with van der Waals surface area (Å²) in [4.78, 5) is 13.4. The lowest BCUT2D eigenvalue weighted by Gasteiger charge is -2.40. The minimum atomic E-state index is 0.521. The van der Waals surface area contributed by atoms with E-state index in [1.807, 2.05) is 0 Å². The number of piperidine rings is 2. The molecule has 3 heterocycles. The maximum Gasteiger partial charge on any atom is 0.148 e. The Kier molecular flexibility index (Phi) is 4.41. The number of anilines is 2. The molecule has 2 N–H and O–H groups in total. The fourth-order valence-electron chi connectivity index (χ4n) is 3.32. The number of nitrogens with two attached hydrogens (primary N) is 1. The standard InChI is InChI=1S/C14H22BrN5/c15-12-13(16)17-10-18-14(12)20-8-4-11(5-9-20)19-6-2-1-3-7-19/h10-11H,1-9H2,(H2,16,17,18). The summed E-state index contributed by atoms with van der Waals surface area (Å²) in [7, 11) is 0. The third-order valence-electron chi connectivity index (χ3n) is 4.47. The second-order valence-corrected chi connectivity index (χ2v) is 6.50. The van der Waals surface area contributed by atoms with Crippen LogP contribution in [-0.2, 0) is 0 Å². The van der Waals surface area contributed by atoms with Crippen LogP contribution in [0.5, 0.6) is 0 Å². The van der Waals surface area contributed by atoms with E-state index < -0.39 is 0 Å². The van der Waals surface area contributed by atoms with Gasteiger partial charge in [-0.15, -0.1) is 0 Å². The van der Waals surface area contributed by atoms with Crippen molar-refractivity contribution < 1.29 is 0 Å². The number of likely N-dealkylation sites (tertiary alicyclic amines) is 1. The van der Waals surface area contributed by atoms with Gasteiger partial charge in [0.15, 0.2) is 0 Å². The lowest BCUT2D eigenvalue weighted by atomic mass is 10.00. The summed E-state index contributed by atoms with van der Waals surface area (Å²) in [6.45, 7) is 4.68. The highest BCUT2D eigenvalue weighted by molar-refractivity contribution is 9.10. The summed E-state index contributed by atoms with van der Waals surface area (Å²) in [6, 6.07) is 0.754. The van der Waals surface area contributed by atoms with Crippen LogP contribution in [-0.4, -0.2) is 47.1 Å². The zero-order chi connectivity index (χ0) is 13.9. The first-order chi connectivity index (χ1) is 9.75. The normalized spacial score (nSPS) is 22.1. The summed E-state index contributed by atoms with van der Waals surface area (Å²) in [5, 5.41) is 0. The summed E-state index contributed by atoms with van der Waals surface area (Å²) in [5.41, 5.74) is 5.84. The molecule has 0 bridgehead atoms. The van der Waals surface area contributed by atoms with E-state index >= 15 is 0 Å². The van der Waals surface area contributed by atoms with Gasteiger partial charge in [0.05, 0.1) is 0 Å². The highest BCUT2D eigenvalue weighted by atomic mass is 79.9. The summed E-state index contributed by atoms with van der Waals surface area (Å²) in [5.74, 6) is 1.46. The Morgan fingerprint density at radius 1 is 1.05 bits per heavy atom. The van der Waals surface area contributed by atoms with Crippen molar-refractivity contribution in [3.63, 3.8) is 0 Å². The Bertz CT molecular complexity index is 453. The molecule has 1 aromatic rings. The van der Waals surface area contributed by atoms with Crippen LogP contribution in [0, 0.1) is 0 Å². The third kappa shape index (κ3) is 2.91. The zero-order valence-corrected chi connectivity index (χ0v) is 13.3. The van der Waals surface area contributed by atoms with Crippen molar-refractivity contribution in [3.05, 3.63) is 10.8 Å². The quantitative estimate of drug-likeness (QED) is 0.895. The number of rotatable bonds is 2. The Labute approximate surface area is 128 Å². The maximum atomic E-state index is 5.84. The molecule has 0 atom stereocenters. The fourth-order valence-corrected chi connectivity index (χ4v) is 3.78. The van der Waals surface area contributed by atoms with E-state index in [2.05, 4.69) is 35.7 Å². The highest BCUT2D eigenvalue weighted by Gasteiger charge is 2.27. The van der Waals surface area contributed by atoms with Gasteiger partial charge in [-0.2, -0.15) is 0 Å². The zero-order valence-electron chi connectivity index (χ0n) is 11.8. The van der Waals surface area contributed by atoms with E-state index in [0.29, 0.717) is 5.82 Å². The molecule has 20 heavy (non-hydrogen) atoms. The minimum Gasteiger partial charge on any atom is -0.383 e. The van der Waals surface area contributed by atoms with Crippen LogP contribution in [0.2, 0.25) is 0 Å². The van der Waals surface area contributed by atoms with Crippen molar-refractivity contribution in [2.75, 3.05) is 36.8 Å². The van der Waals surface area contributed by atoms with Gasteiger partial charge in [-0.3, -0.25) is 0 Å². The molecule has 0 unspecified atom stereocenters. The van der Waals surface area contributed by atoms with Gasteiger partial charge in [0.1, 0.15) is 22.4 Å². The van der Waals surface area contributed by atoms with Crippen LogP contribution in [0.4, 0.5) is 11.6 Å². The number of hydrogen-bond donors (Lipinski definition) is 1. The second kappa shape index (κ2) is 6.26. The van der Waals surface area contributed by atoms with Crippen LogP contribution in [0.15, 0.2) is 10.8 Å². The van der Waals surface area contributed by atoms with Gasteiger partial charge in [0.25, 0.3) is 0 Å². The molecule has 2 aliphatic rings. The van der Waals surface area contributed by atoms with Gasteiger partial charge in [-0.05, 0) is 54.7 Å². The van der Waals surface area contributed by atoms with Gasteiger partial charge in [-0.25, -0.2) is 9.97 Å². The lowest BCUT2D eigenvalue weighted by molar-refractivity contribution is 0.141. The highest BCUT2D eigenvalue weighted by Crippen LogP contribution is 2.30. The van der Waals surface area contributed by atoms with Crippen LogP contribution < -0.4 is 10.6 Å². The van der Waals surface area contributed by atoms with E-state index in [1.165, 1.54) is 45.2 Å². The Balaban J connectivity index is 1.62. The molecule has 1 aromatic heterocycles. The van der Waals surface area contributed by atoms with Crippen LogP contribution in [0.1, 0.15) is 32.1 Å². The maximum absolute atomic E-state index is 5.84. The van der Waals surface area contributed by atoms with Gasteiger partial charge in [-0.1, -0.05) is 6.42 Å². The van der Waals surface area contributed by atoms with E-state index in [1.54, 1.807) is 6.33 Å². The Morgan fingerprint density at radius 2 is 1.75 bits per heavy atom. The molecule has 0 radical (unpaired) electrons. The second-order valence-electron chi connectivity index (χ2n) is 5.71. The molecule has 0 aromatic carbocycles. The smallest absolute Gasteiger partial charge is 0.148 e. The fraction of sp³-hybridized carbons (Fsp3) is 0.714. The number of aromatic nitrogens is 2. The minimum absolute atomic E-state index is 0.521. The number of nitrogen functional groups attached to an aromatic ring is 1. The Morgan fingerprint density at radius 3 is 2.45 bits per heavy atom. The average molecular weight is 340 g/mol. The van der Waals surface area contributed by atoms with E-state index in [-0.39, 0.29) is 0 Å². The summed E-state index contributed by atoms with van der Waals surface area (Å²) >= 11 is 3.51. The predicted molar refractivity (Wildman–Crippen MR) is 84.8 cm³/mol. The monoisotopic (exact) mass is 339 g/mol. The van der Waals surface area contributed by atoms with Crippen LogP contribution in [0.25, 0.3) is 0 Å². The largest absolute Gasteiger partial charge is 0.383 e. The molecule has 0 spiro atoms. The molecule has 0 aliphatic carbocycles. The molecule has 110 valence electrons. The lowest BCUT2D eigenvalue weighted by Crippen LogP contribution is -2.47. The molecule has 2 aliphatic heterocycles. The average Bonchev–Trinajstić information content (AvgIpc) is 2.51. The van der Waals surface area contributed by atoms with Crippen LogP contribution >= 0.6 is 15.9 Å². The molecular formula is C14H22BrN5. The van der Waals surface area contributed by atoms with Crippen molar-refractivity contribution in [2.45, 2.75) is 38.1 Å². The molecule has 2 saturated heterocycles. The Hall–Kier alpha value is -0.880. The van der Waals surface area contributed by atoms with Crippen molar-refractivity contribution >= 4 is 27.6 Å². The number of hydrogen-bond acceptors (Lipinski definition) is 5. The van der Waals surface area contributed by atoms with Gasteiger partial charge in [0, 0.05) is 19.1 Å². The van der Waals surface area contributed by atoms with Crippen molar-refractivity contribution in [1.29, 1.82) is 0 Å². The molecule has 0 amide bonds. The molecule has 3 rings (SSSR count). The van der Waals surface area contributed by atoms with Crippen molar-refractivity contribution in [3.8, 4) is 0 Å². The number of halogens is 1. The van der Waals surface area contributed by atoms with E-state index in [9.17, 15) is 0 Å². The van der Waals surface area contributed by atoms with Crippen LogP contribution in [0.3, 0.4) is 0 Å². The molecule has 0 saturated carbocycles.